The Morgan fingerprint density at radius 2 is 2.29 bits per heavy atom. The van der Waals surface area contributed by atoms with Crippen molar-refractivity contribution < 1.29 is 9.26 Å². The van der Waals surface area contributed by atoms with E-state index in [2.05, 4.69) is 47.5 Å². The summed E-state index contributed by atoms with van der Waals surface area (Å²) in [6, 6.07) is 0.0442. The Hall–Kier alpha value is -1.73. The van der Waals surface area contributed by atoms with E-state index in [0.717, 1.165) is 50.3 Å². The molecule has 0 saturated carbocycles. The highest BCUT2D eigenvalue weighted by Crippen LogP contribution is 2.34. The van der Waals surface area contributed by atoms with Gasteiger partial charge in [0, 0.05) is 43.8 Å². The molecule has 7 nitrogen and oxygen atoms in total. The van der Waals surface area contributed by atoms with Crippen molar-refractivity contribution in [3.8, 4) is 0 Å². The Labute approximate surface area is 142 Å². The van der Waals surface area contributed by atoms with Crippen LogP contribution in [0.15, 0.2) is 16.9 Å². The van der Waals surface area contributed by atoms with Crippen LogP contribution in [0.3, 0.4) is 0 Å². The quantitative estimate of drug-likeness (QED) is 0.800. The highest BCUT2D eigenvalue weighted by atomic mass is 16.5. The van der Waals surface area contributed by atoms with E-state index >= 15 is 0 Å². The van der Waals surface area contributed by atoms with E-state index in [9.17, 15) is 0 Å². The first-order valence-corrected chi connectivity index (χ1v) is 8.91. The van der Waals surface area contributed by atoms with Gasteiger partial charge in [0.25, 0.3) is 0 Å². The van der Waals surface area contributed by atoms with Crippen LogP contribution in [0.2, 0.25) is 0 Å². The zero-order chi connectivity index (χ0) is 16.9. The molecule has 0 bridgehead atoms. The van der Waals surface area contributed by atoms with Crippen LogP contribution < -0.4 is 5.32 Å². The molecule has 0 aromatic carbocycles. The van der Waals surface area contributed by atoms with Gasteiger partial charge in [0.1, 0.15) is 0 Å². The fourth-order valence-electron chi connectivity index (χ4n) is 3.09. The molecule has 0 spiro atoms. The van der Waals surface area contributed by atoms with Gasteiger partial charge in [-0.2, -0.15) is 10.1 Å². The van der Waals surface area contributed by atoms with E-state index in [1.54, 1.807) is 0 Å². The number of hydrogen-bond donors (Lipinski definition) is 1. The van der Waals surface area contributed by atoms with Crippen molar-refractivity contribution in [1.29, 1.82) is 0 Å². The number of hydrogen-bond acceptors (Lipinski definition) is 6. The van der Waals surface area contributed by atoms with Crippen molar-refractivity contribution in [2.24, 2.45) is 5.92 Å². The number of aromatic nitrogens is 4. The third kappa shape index (κ3) is 3.84. The Balaban J connectivity index is 1.56. The summed E-state index contributed by atoms with van der Waals surface area (Å²) in [6.07, 6.45) is 7.05. The molecular weight excluding hydrogens is 306 g/mol. The van der Waals surface area contributed by atoms with Gasteiger partial charge in [-0.15, -0.1) is 0 Å². The smallest absolute Gasteiger partial charge is 0.243 e. The summed E-state index contributed by atoms with van der Waals surface area (Å²) in [5.74, 6) is 1.88. The fraction of sp³-hybridized carbons (Fsp3) is 0.706. The average Bonchev–Trinajstić information content (AvgIpc) is 3.32. The second kappa shape index (κ2) is 7.90. The monoisotopic (exact) mass is 333 g/mol. The Morgan fingerprint density at radius 3 is 3.04 bits per heavy atom. The first kappa shape index (κ1) is 17.1. The third-order valence-electron chi connectivity index (χ3n) is 4.53. The second-order valence-electron chi connectivity index (χ2n) is 6.40. The van der Waals surface area contributed by atoms with E-state index in [4.69, 9.17) is 9.26 Å². The summed E-state index contributed by atoms with van der Waals surface area (Å²) in [7, 11) is 0. The lowest BCUT2D eigenvalue weighted by atomic mass is 9.97. The lowest BCUT2D eigenvalue weighted by Gasteiger charge is -2.19. The summed E-state index contributed by atoms with van der Waals surface area (Å²) < 4.78 is 13.2. The molecule has 0 aliphatic carbocycles. The highest BCUT2D eigenvalue weighted by Gasteiger charge is 2.31. The van der Waals surface area contributed by atoms with Gasteiger partial charge in [-0.05, 0) is 26.7 Å². The van der Waals surface area contributed by atoms with Crippen LogP contribution in [0.1, 0.15) is 63.0 Å². The number of nitrogens with zero attached hydrogens (tertiary/aromatic N) is 4. The van der Waals surface area contributed by atoms with Crippen molar-refractivity contribution in [2.45, 2.75) is 58.7 Å². The molecule has 0 radical (unpaired) electrons. The Kier molecular flexibility index (Phi) is 5.63. The standard InChI is InChI=1S/C17H27N5O2/c1-4-6-15-20-17(24-21-15)12(3)18-9-13-7-8-23-16(13)14-10-19-22(5-2)11-14/h10-13,16,18H,4-9H2,1-3H3/t12-,13-,16-/m0/s1. The van der Waals surface area contributed by atoms with E-state index < -0.39 is 0 Å². The lowest BCUT2D eigenvalue weighted by molar-refractivity contribution is 0.0895. The summed E-state index contributed by atoms with van der Waals surface area (Å²) in [5, 5.41) is 11.9. The summed E-state index contributed by atoms with van der Waals surface area (Å²) in [6.45, 7) is 8.79. The zero-order valence-electron chi connectivity index (χ0n) is 14.7. The lowest BCUT2D eigenvalue weighted by Crippen LogP contribution is -2.27. The molecule has 0 unspecified atom stereocenters. The molecular formula is C17H27N5O2. The first-order chi connectivity index (χ1) is 11.7. The molecule has 3 heterocycles. The summed E-state index contributed by atoms with van der Waals surface area (Å²) >= 11 is 0. The van der Waals surface area contributed by atoms with Crippen LogP contribution in [0, 0.1) is 5.92 Å². The van der Waals surface area contributed by atoms with Crippen molar-refractivity contribution in [3.63, 3.8) is 0 Å². The predicted octanol–water partition coefficient (Wildman–Crippen LogP) is 2.67. The minimum absolute atomic E-state index is 0.0442. The zero-order valence-corrected chi connectivity index (χ0v) is 14.7. The van der Waals surface area contributed by atoms with Crippen molar-refractivity contribution in [3.05, 3.63) is 29.7 Å². The molecule has 3 rings (SSSR count). The van der Waals surface area contributed by atoms with Crippen LogP contribution in [-0.4, -0.2) is 33.1 Å². The van der Waals surface area contributed by atoms with E-state index in [1.165, 1.54) is 0 Å². The maximum atomic E-state index is 5.94. The van der Waals surface area contributed by atoms with Crippen molar-refractivity contribution in [1.82, 2.24) is 25.2 Å². The van der Waals surface area contributed by atoms with E-state index in [-0.39, 0.29) is 12.1 Å². The SMILES string of the molecule is CCCc1noc([C@H](C)NC[C@@H]2CCO[C@@H]2c2cnn(CC)c2)n1. The van der Waals surface area contributed by atoms with Crippen molar-refractivity contribution >= 4 is 0 Å². The minimum atomic E-state index is 0.0442. The molecule has 2 aromatic rings. The molecule has 1 saturated heterocycles. The number of rotatable bonds is 8. The minimum Gasteiger partial charge on any atom is -0.373 e. The highest BCUT2D eigenvalue weighted by molar-refractivity contribution is 5.11. The van der Waals surface area contributed by atoms with Crippen LogP contribution in [0.4, 0.5) is 0 Å². The molecule has 24 heavy (non-hydrogen) atoms. The average molecular weight is 333 g/mol. The predicted molar refractivity (Wildman–Crippen MR) is 89.4 cm³/mol. The Bertz CT molecular complexity index is 638. The normalized spacial score (nSPS) is 22.1. The molecule has 1 aliphatic heterocycles. The van der Waals surface area contributed by atoms with Crippen LogP contribution in [0.5, 0.6) is 0 Å². The molecule has 3 atom stereocenters. The molecule has 0 amide bonds. The fourth-order valence-corrected chi connectivity index (χ4v) is 3.09. The third-order valence-corrected chi connectivity index (χ3v) is 4.53. The van der Waals surface area contributed by atoms with Gasteiger partial charge in [0.2, 0.25) is 5.89 Å². The first-order valence-electron chi connectivity index (χ1n) is 8.91. The molecule has 1 aliphatic rings. The largest absolute Gasteiger partial charge is 0.373 e. The molecule has 1 fully saturated rings. The van der Waals surface area contributed by atoms with Crippen LogP contribution in [0.25, 0.3) is 0 Å². The van der Waals surface area contributed by atoms with E-state index in [0.29, 0.717) is 11.8 Å². The summed E-state index contributed by atoms with van der Waals surface area (Å²) in [5.41, 5.74) is 1.16. The molecule has 7 heteroatoms. The van der Waals surface area contributed by atoms with Gasteiger partial charge < -0.3 is 14.6 Å². The van der Waals surface area contributed by atoms with Crippen LogP contribution in [-0.2, 0) is 17.7 Å². The second-order valence-corrected chi connectivity index (χ2v) is 6.40. The van der Waals surface area contributed by atoms with Gasteiger partial charge in [-0.25, -0.2) is 0 Å². The van der Waals surface area contributed by atoms with Crippen LogP contribution >= 0.6 is 0 Å². The maximum absolute atomic E-state index is 5.94. The number of nitrogens with one attached hydrogen (secondary N) is 1. The van der Waals surface area contributed by atoms with Gasteiger partial charge in [0.05, 0.1) is 18.3 Å². The van der Waals surface area contributed by atoms with Gasteiger partial charge >= 0.3 is 0 Å². The number of aryl methyl sites for hydroxylation is 2. The molecule has 2 aromatic heterocycles. The topological polar surface area (TPSA) is 78.0 Å². The van der Waals surface area contributed by atoms with E-state index in [1.807, 2.05) is 10.9 Å². The molecule has 132 valence electrons. The van der Waals surface area contributed by atoms with Gasteiger partial charge in [-0.3, -0.25) is 4.68 Å². The Morgan fingerprint density at radius 1 is 1.42 bits per heavy atom. The van der Waals surface area contributed by atoms with Gasteiger partial charge in [0.15, 0.2) is 5.82 Å². The maximum Gasteiger partial charge on any atom is 0.243 e. The number of ether oxygens (including phenoxy) is 1. The molecule has 1 N–H and O–H groups in total. The van der Waals surface area contributed by atoms with Crippen molar-refractivity contribution in [2.75, 3.05) is 13.2 Å². The summed E-state index contributed by atoms with van der Waals surface area (Å²) in [4.78, 5) is 4.45. The van der Waals surface area contributed by atoms with Gasteiger partial charge in [-0.1, -0.05) is 12.1 Å².